The predicted octanol–water partition coefficient (Wildman–Crippen LogP) is 6.06. The van der Waals surface area contributed by atoms with Gasteiger partial charge in [0.25, 0.3) is 0 Å². The fraction of sp³-hybridized carbons (Fsp3) is 0.941. The Labute approximate surface area is 130 Å². The van der Waals surface area contributed by atoms with Gasteiger partial charge in [0.15, 0.2) is 5.56 Å². The second kappa shape index (κ2) is 13.7. The van der Waals surface area contributed by atoms with Crippen molar-refractivity contribution in [3.05, 3.63) is 0 Å². The first-order chi connectivity index (χ1) is 9.57. The second-order valence-corrected chi connectivity index (χ2v) is 6.45. The van der Waals surface area contributed by atoms with Gasteiger partial charge in [0, 0.05) is 12.3 Å². The quantitative estimate of drug-likeness (QED) is 0.235. The molecule has 120 valence electrons. The molecule has 0 fully saturated rings. The first-order valence-corrected chi connectivity index (χ1v) is 8.85. The molecule has 0 saturated carbocycles. The number of unbranched alkanes of at least 4 members (excludes halogenated alkanes) is 9. The van der Waals surface area contributed by atoms with Crippen LogP contribution in [0.15, 0.2) is 0 Å². The van der Waals surface area contributed by atoms with Gasteiger partial charge in [0.1, 0.15) is 0 Å². The van der Waals surface area contributed by atoms with Gasteiger partial charge in [-0.15, -0.1) is 0 Å². The topological polar surface area (TPSA) is 26.3 Å². The summed E-state index contributed by atoms with van der Waals surface area (Å²) in [6.45, 7) is 6.15. The molecule has 3 heteroatoms. The Balaban J connectivity index is 3.25. The van der Waals surface area contributed by atoms with E-state index in [0.717, 1.165) is 12.8 Å². The normalized spacial score (nSPS) is 12.7. The molecular formula is C17H33ClO2. The maximum absolute atomic E-state index is 11.5. The van der Waals surface area contributed by atoms with E-state index in [1.807, 2.05) is 13.8 Å². The number of alkyl halides is 1. The molecule has 0 N–H and O–H groups in total. The van der Waals surface area contributed by atoms with E-state index in [1.165, 1.54) is 51.4 Å². The summed E-state index contributed by atoms with van der Waals surface area (Å²) >= 11 is 5.90. The van der Waals surface area contributed by atoms with E-state index in [9.17, 15) is 4.79 Å². The molecule has 0 spiro atoms. The van der Waals surface area contributed by atoms with Gasteiger partial charge >= 0.3 is 5.97 Å². The number of halogens is 1. The Hall–Kier alpha value is -0.240. The lowest BCUT2D eigenvalue weighted by atomic mass is 10.1. The number of hydrogen-bond acceptors (Lipinski definition) is 2. The van der Waals surface area contributed by atoms with Crippen LogP contribution in [0.2, 0.25) is 0 Å². The third kappa shape index (κ3) is 12.8. The monoisotopic (exact) mass is 304 g/mol. The van der Waals surface area contributed by atoms with Crippen molar-refractivity contribution in [3.8, 4) is 0 Å². The Kier molecular flexibility index (Phi) is 13.6. The lowest BCUT2D eigenvalue weighted by Gasteiger charge is -2.14. The van der Waals surface area contributed by atoms with Crippen LogP contribution in [0.5, 0.6) is 0 Å². The van der Waals surface area contributed by atoms with Gasteiger partial charge in [-0.3, -0.25) is 4.79 Å². The molecule has 0 radical (unpaired) electrons. The van der Waals surface area contributed by atoms with Crippen molar-refractivity contribution >= 4 is 17.6 Å². The minimum absolute atomic E-state index is 0.154. The molecule has 0 aromatic heterocycles. The van der Waals surface area contributed by atoms with Gasteiger partial charge in [-0.1, -0.05) is 90.2 Å². The van der Waals surface area contributed by atoms with Crippen LogP contribution in [0.1, 0.15) is 91.4 Å². The van der Waals surface area contributed by atoms with E-state index >= 15 is 0 Å². The highest BCUT2D eigenvalue weighted by atomic mass is 35.5. The average molecular weight is 305 g/mol. The van der Waals surface area contributed by atoms with Crippen molar-refractivity contribution in [1.29, 1.82) is 0 Å². The maximum atomic E-state index is 11.5. The molecule has 1 atom stereocenters. The summed E-state index contributed by atoms with van der Waals surface area (Å²) < 4.78 is 5.12. The molecule has 0 saturated heterocycles. The van der Waals surface area contributed by atoms with E-state index in [4.69, 9.17) is 16.3 Å². The fourth-order valence-corrected chi connectivity index (χ4v) is 2.18. The van der Waals surface area contributed by atoms with Crippen LogP contribution >= 0.6 is 11.6 Å². The smallest absolute Gasteiger partial charge is 0.307 e. The van der Waals surface area contributed by atoms with E-state index in [-0.39, 0.29) is 11.9 Å². The number of hydrogen-bond donors (Lipinski definition) is 0. The Morgan fingerprint density at radius 3 is 1.80 bits per heavy atom. The average Bonchev–Trinajstić information content (AvgIpc) is 2.40. The maximum Gasteiger partial charge on any atom is 0.307 e. The number of rotatable bonds is 13. The van der Waals surface area contributed by atoms with Gasteiger partial charge < -0.3 is 4.74 Å². The van der Waals surface area contributed by atoms with E-state index < -0.39 is 5.56 Å². The second-order valence-electron chi connectivity index (χ2n) is 6.02. The van der Waals surface area contributed by atoms with Gasteiger partial charge in [0.2, 0.25) is 0 Å². The summed E-state index contributed by atoms with van der Waals surface area (Å²) in [7, 11) is 0. The van der Waals surface area contributed by atoms with Crippen molar-refractivity contribution in [1.82, 2.24) is 0 Å². The molecule has 0 aliphatic rings. The molecule has 0 rings (SSSR count). The van der Waals surface area contributed by atoms with Crippen molar-refractivity contribution < 1.29 is 9.53 Å². The van der Waals surface area contributed by atoms with Crippen molar-refractivity contribution in [2.75, 3.05) is 0 Å². The summed E-state index contributed by atoms with van der Waals surface area (Å²) in [5, 5.41) is 0. The summed E-state index contributed by atoms with van der Waals surface area (Å²) in [6.07, 6.45) is 13.2. The minimum atomic E-state index is -0.481. The summed E-state index contributed by atoms with van der Waals surface area (Å²) in [5.41, 5.74) is -0.481. The third-order valence-corrected chi connectivity index (χ3v) is 4.10. The third-order valence-electron chi connectivity index (χ3n) is 3.50. The van der Waals surface area contributed by atoms with E-state index in [2.05, 4.69) is 6.92 Å². The number of carbonyl (C=O) groups is 1. The van der Waals surface area contributed by atoms with Crippen molar-refractivity contribution in [2.45, 2.75) is 97.0 Å². The SMILES string of the molecule is CCCCCCCCCCCCC(=O)OC(Cl)C(C)C. The van der Waals surface area contributed by atoms with Crippen LogP contribution < -0.4 is 0 Å². The number of esters is 1. The molecule has 1 unspecified atom stereocenters. The van der Waals surface area contributed by atoms with Crippen molar-refractivity contribution in [3.63, 3.8) is 0 Å². The first kappa shape index (κ1) is 19.8. The Morgan fingerprint density at radius 1 is 0.900 bits per heavy atom. The zero-order chi connectivity index (χ0) is 15.2. The zero-order valence-corrected chi connectivity index (χ0v) is 14.4. The molecule has 0 bridgehead atoms. The van der Waals surface area contributed by atoms with Crippen LogP contribution in [-0.4, -0.2) is 11.5 Å². The van der Waals surface area contributed by atoms with E-state index in [0.29, 0.717) is 6.42 Å². The van der Waals surface area contributed by atoms with Gasteiger partial charge in [-0.25, -0.2) is 0 Å². The number of ether oxygens (including phenoxy) is 1. The molecule has 0 aromatic carbocycles. The highest BCUT2D eigenvalue weighted by Gasteiger charge is 2.14. The Bertz CT molecular complexity index is 229. The summed E-state index contributed by atoms with van der Waals surface area (Å²) in [5.74, 6) is 0.0200. The van der Waals surface area contributed by atoms with Crippen LogP contribution in [-0.2, 0) is 9.53 Å². The molecule has 0 heterocycles. The minimum Gasteiger partial charge on any atom is -0.446 e. The fourth-order valence-electron chi connectivity index (χ4n) is 2.08. The standard InChI is InChI=1S/C17H33ClO2/c1-4-5-6-7-8-9-10-11-12-13-14-16(19)20-17(18)15(2)3/h15,17H,4-14H2,1-3H3. The largest absolute Gasteiger partial charge is 0.446 e. The molecule has 0 amide bonds. The lowest BCUT2D eigenvalue weighted by Crippen LogP contribution is -2.17. The van der Waals surface area contributed by atoms with E-state index in [1.54, 1.807) is 0 Å². The lowest BCUT2D eigenvalue weighted by molar-refractivity contribution is -0.147. The van der Waals surface area contributed by atoms with Gasteiger partial charge in [-0.2, -0.15) is 0 Å². The highest BCUT2D eigenvalue weighted by Crippen LogP contribution is 2.14. The van der Waals surface area contributed by atoms with Crippen LogP contribution in [0, 0.1) is 5.92 Å². The predicted molar refractivity (Wildman–Crippen MR) is 87.0 cm³/mol. The van der Waals surface area contributed by atoms with Gasteiger partial charge in [-0.05, 0) is 6.42 Å². The number of carbonyl (C=O) groups excluding carboxylic acids is 1. The van der Waals surface area contributed by atoms with Crippen molar-refractivity contribution in [2.24, 2.45) is 5.92 Å². The highest BCUT2D eigenvalue weighted by molar-refractivity contribution is 6.20. The zero-order valence-electron chi connectivity index (χ0n) is 13.6. The first-order valence-electron chi connectivity index (χ1n) is 8.41. The van der Waals surface area contributed by atoms with Crippen LogP contribution in [0.25, 0.3) is 0 Å². The summed E-state index contributed by atoms with van der Waals surface area (Å²) in [4.78, 5) is 11.5. The Morgan fingerprint density at radius 2 is 1.35 bits per heavy atom. The molecular weight excluding hydrogens is 272 g/mol. The van der Waals surface area contributed by atoms with Crippen LogP contribution in [0.3, 0.4) is 0 Å². The summed E-state index contributed by atoms with van der Waals surface area (Å²) in [6, 6.07) is 0. The molecule has 20 heavy (non-hydrogen) atoms. The van der Waals surface area contributed by atoms with Gasteiger partial charge in [0.05, 0.1) is 0 Å². The molecule has 0 aliphatic carbocycles. The molecule has 2 nitrogen and oxygen atoms in total. The molecule has 0 aliphatic heterocycles. The molecule has 0 aromatic rings. The van der Waals surface area contributed by atoms with Crippen LogP contribution in [0.4, 0.5) is 0 Å².